The highest BCUT2D eigenvalue weighted by atomic mass is 19.1. The molecule has 0 spiro atoms. The third-order valence-corrected chi connectivity index (χ3v) is 4.19. The van der Waals surface area contributed by atoms with Crippen LogP contribution in [0.5, 0.6) is 5.75 Å². The van der Waals surface area contributed by atoms with Gasteiger partial charge in [-0.1, -0.05) is 12.1 Å². The van der Waals surface area contributed by atoms with Crippen LogP contribution in [0.2, 0.25) is 0 Å². The van der Waals surface area contributed by atoms with Gasteiger partial charge in [0.2, 0.25) is 0 Å². The lowest BCUT2D eigenvalue weighted by atomic mass is 10.1. The number of benzene rings is 2. The van der Waals surface area contributed by atoms with E-state index < -0.39 is 0 Å². The van der Waals surface area contributed by atoms with Crippen LogP contribution in [-0.4, -0.2) is 28.2 Å². The summed E-state index contributed by atoms with van der Waals surface area (Å²) in [5, 5.41) is 10.9. The molecule has 0 saturated carbocycles. The van der Waals surface area contributed by atoms with Crippen LogP contribution >= 0.6 is 0 Å². The predicted octanol–water partition coefficient (Wildman–Crippen LogP) is 3.74. The molecule has 3 aromatic rings. The molecule has 0 radical (unpaired) electrons. The minimum Gasteiger partial charge on any atom is -0.507 e. The number of halogens is 1. The van der Waals surface area contributed by atoms with Crippen molar-refractivity contribution in [1.82, 2.24) is 9.97 Å². The topological polar surface area (TPSA) is 49.3 Å². The van der Waals surface area contributed by atoms with E-state index in [4.69, 9.17) is 0 Å². The highest BCUT2D eigenvalue weighted by molar-refractivity contribution is 5.91. The molecule has 1 saturated heterocycles. The molecule has 2 heterocycles. The van der Waals surface area contributed by atoms with Gasteiger partial charge in [0.15, 0.2) is 5.82 Å². The van der Waals surface area contributed by atoms with Crippen molar-refractivity contribution < 1.29 is 9.50 Å². The van der Waals surface area contributed by atoms with Gasteiger partial charge in [0.1, 0.15) is 17.4 Å². The van der Waals surface area contributed by atoms with E-state index in [0.717, 1.165) is 37.1 Å². The van der Waals surface area contributed by atoms with Crippen molar-refractivity contribution in [3.8, 4) is 17.1 Å². The molecule has 116 valence electrons. The minimum atomic E-state index is -0.327. The summed E-state index contributed by atoms with van der Waals surface area (Å²) in [6.45, 7) is 1.87. The maximum atomic E-state index is 13.6. The average molecular weight is 309 g/mol. The van der Waals surface area contributed by atoms with Gasteiger partial charge in [0.25, 0.3) is 0 Å². The predicted molar refractivity (Wildman–Crippen MR) is 88.0 cm³/mol. The number of aromatic hydroxyl groups is 1. The molecule has 0 bridgehead atoms. The zero-order valence-electron chi connectivity index (χ0n) is 12.5. The molecule has 1 aliphatic heterocycles. The normalized spacial score (nSPS) is 14.6. The standard InChI is InChI=1S/C18H16FN3O/c19-12-7-8-13-15(11-12)20-17(14-5-1-2-6-16(14)23)21-18(13)22-9-3-4-10-22/h1-2,5-8,11,23H,3-4,9-10H2. The molecule has 1 aromatic heterocycles. The Bertz CT molecular complexity index is 875. The summed E-state index contributed by atoms with van der Waals surface area (Å²) in [4.78, 5) is 11.3. The Morgan fingerprint density at radius 3 is 2.57 bits per heavy atom. The first-order chi connectivity index (χ1) is 11.2. The molecule has 4 nitrogen and oxygen atoms in total. The Kier molecular flexibility index (Phi) is 3.33. The fourth-order valence-electron chi connectivity index (χ4n) is 3.04. The molecule has 1 aliphatic rings. The fourth-order valence-corrected chi connectivity index (χ4v) is 3.04. The monoisotopic (exact) mass is 309 g/mol. The van der Waals surface area contributed by atoms with Gasteiger partial charge in [0.05, 0.1) is 11.1 Å². The number of para-hydroxylation sites is 1. The Hall–Kier alpha value is -2.69. The first kappa shape index (κ1) is 13.9. The summed E-state index contributed by atoms with van der Waals surface area (Å²) < 4.78 is 13.6. The number of nitrogens with zero attached hydrogens (tertiary/aromatic N) is 3. The van der Waals surface area contributed by atoms with Gasteiger partial charge in [-0.05, 0) is 37.1 Å². The van der Waals surface area contributed by atoms with Crippen LogP contribution in [0.4, 0.5) is 10.2 Å². The molecular weight excluding hydrogens is 293 g/mol. The Balaban J connectivity index is 1.97. The average Bonchev–Trinajstić information content (AvgIpc) is 3.08. The lowest BCUT2D eigenvalue weighted by molar-refractivity contribution is 0.477. The van der Waals surface area contributed by atoms with Gasteiger partial charge in [-0.15, -0.1) is 0 Å². The minimum absolute atomic E-state index is 0.121. The molecule has 0 aliphatic carbocycles. The van der Waals surface area contributed by atoms with Crippen molar-refractivity contribution in [2.75, 3.05) is 18.0 Å². The van der Waals surface area contributed by atoms with Crippen molar-refractivity contribution >= 4 is 16.7 Å². The summed E-state index contributed by atoms with van der Waals surface area (Å²) in [6, 6.07) is 11.5. The van der Waals surface area contributed by atoms with E-state index in [1.54, 1.807) is 24.3 Å². The van der Waals surface area contributed by atoms with Crippen LogP contribution in [0.25, 0.3) is 22.3 Å². The SMILES string of the molecule is Oc1ccccc1-c1nc(N2CCCC2)c2ccc(F)cc2n1. The third kappa shape index (κ3) is 2.48. The van der Waals surface area contributed by atoms with E-state index in [1.807, 2.05) is 6.07 Å². The van der Waals surface area contributed by atoms with Gasteiger partial charge >= 0.3 is 0 Å². The van der Waals surface area contributed by atoms with Gasteiger partial charge in [0, 0.05) is 24.5 Å². The van der Waals surface area contributed by atoms with Crippen molar-refractivity contribution in [2.24, 2.45) is 0 Å². The first-order valence-electron chi connectivity index (χ1n) is 7.73. The largest absolute Gasteiger partial charge is 0.507 e. The number of phenols is 1. The van der Waals surface area contributed by atoms with Crippen LogP contribution in [-0.2, 0) is 0 Å². The Morgan fingerprint density at radius 1 is 1.00 bits per heavy atom. The smallest absolute Gasteiger partial charge is 0.165 e. The van der Waals surface area contributed by atoms with E-state index in [9.17, 15) is 9.50 Å². The van der Waals surface area contributed by atoms with Crippen LogP contribution in [0.1, 0.15) is 12.8 Å². The summed E-state index contributed by atoms with van der Waals surface area (Å²) in [5.41, 5.74) is 1.11. The molecule has 1 fully saturated rings. The number of hydrogen-bond donors (Lipinski definition) is 1. The number of hydrogen-bond acceptors (Lipinski definition) is 4. The molecule has 4 rings (SSSR count). The molecule has 0 unspecified atom stereocenters. The maximum Gasteiger partial charge on any atom is 0.165 e. The number of rotatable bonds is 2. The molecule has 1 N–H and O–H groups in total. The maximum absolute atomic E-state index is 13.6. The van der Waals surface area contributed by atoms with E-state index >= 15 is 0 Å². The molecule has 23 heavy (non-hydrogen) atoms. The number of anilines is 1. The summed E-state index contributed by atoms with van der Waals surface area (Å²) >= 11 is 0. The van der Waals surface area contributed by atoms with Gasteiger partial charge < -0.3 is 10.0 Å². The zero-order valence-corrected chi connectivity index (χ0v) is 12.5. The molecular formula is C18H16FN3O. The van der Waals surface area contributed by atoms with Crippen molar-refractivity contribution in [1.29, 1.82) is 0 Å². The van der Waals surface area contributed by atoms with Gasteiger partial charge in [-0.3, -0.25) is 0 Å². The molecule has 5 heteroatoms. The lowest BCUT2D eigenvalue weighted by Crippen LogP contribution is -2.20. The third-order valence-electron chi connectivity index (χ3n) is 4.19. The molecule has 0 atom stereocenters. The fraction of sp³-hybridized carbons (Fsp3) is 0.222. The highest BCUT2D eigenvalue weighted by Gasteiger charge is 2.19. The van der Waals surface area contributed by atoms with Crippen molar-refractivity contribution in [3.05, 3.63) is 48.3 Å². The van der Waals surface area contributed by atoms with Crippen LogP contribution in [0, 0.1) is 5.82 Å². The molecule has 2 aromatic carbocycles. The second kappa shape index (κ2) is 5.50. The lowest BCUT2D eigenvalue weighted by Gasteiger charge is -2.19. The quantitative estimate of drug-likeness (QED) is 0.783. The Labute approximate surface area is 133 Å². The molecule has 0 amide bonds. The second-order valence-electron chi connectivity index (χ2n) is 5.74. The highest BCUT2D eigenvalue weighted by Crippen LogP contribution is 2.32. The second-order valence-corrected chi connectivity index (χ2v) is 5.74. The van der Waals surface area contributed by atoms with Crippen LogP contribution < -0.4 is 4.90 Å². The van der Waals surface area contributed by atoms with Crippen molar-refractivity contribution in [2.45, 2.75) is 12.8 Å². The van der Waals surface area contributed by atoms with E-state index in [1.165, 1.54) is 12.1 Å². The van der Waals surface area contributed by atoms with E-state index in [-0.39, 0.29) is 11.6 Å². The van der Waals surface area contributed by atoms with Crippen molar-refractivity contribution in [3.63, 3.8) is 0 Å². The summed E-state index contributed by atoms with van der Waals surface area (Å²) in [6.07, 6.45) is 2.25. The summed E-state index contributed by atoms with van der Waals surface area (Å²) in [7, 11) is 0. The van der Waals surface area contributed by atoms with E-state index in [0.29, 0.717) is 16.9 Å². The van der Waals surface area contributed by atoms with Gasteiger partial charge in [-0.25, -0.2) is 14.4 Å². The number of fused-ring (bicyclic) bond motifs is 1. The zero-order chi connectivity index (χ0) is 15.8. The number of phenolic OH excluding ortho intramolecular Hbond substituents is 1. The number of aromatic nitrogens is 2. The van der Waals surface area contributed by atoms with Gasteiger partial charge in [-0.2, -0.15) is 0 Å². The van der Waals surface area contributed by atoms with Crippen LogP contribution in [0.15, 0.2) is 42.5 Å². The van der Waals surface area contributed by atoms with Crippen LogP contribution in [0.3, 0.4) is 0 Å². The first-order valence-corrected chi connectivity index (χ1v) is 7.73. The van der Waals surface area contributed by atoms with E-state index in [2.05, 4.69) is 14.9 Å². The summed E-state index contributed by atoms with van der Waals surface area (Å²) in [5.74, 6) is 1.02. The Morgan fingerprint density at radius 2 is 1.78 bits per heavy atom.